The molecule has 1 atom stereocenters. The summed E-state index contributed by atoms with van der Waals surface area (Å²) in [4.78, 5) is 20.9. The van der Waals surface area contributed by atoms with Crippen LogP contribution in [-0.2, 0) is 9.59 Å². The van der Waals surface area contributed by atoms with Crippen molar-refractivity contribution in [1.29, 1.82) is 0 Å². The zero-order valence-corrected chi connectivity index (χ0v) is 13.1. The second-order valence-corrected chi connectivity index (χ2v) is 3.47. The third kappa shape index (κ3) is 11.0. The average molecular weight is 255 g/mol. The monoisotopic (exact) mass is 255 g/mol. The predicted octanol–water partition coefficient (Wildman–Crippen LogP) is -3.25. The summed E-state index contributed by atoms with van der Waals surface area (Å²) in [5.74, 6) is -2.22. The maximum absolute atomic E-state index is 10.6. The van der Waals surface area contributed by atoms with Crippen molar-refractivity contribution in [2.45, 2.75) is 45.1 Å². The van der Waals surface area contributed by atoms with Crippen molar-refractivity contribution >= 4 is 11.9 Å². The van der Waals surface area contributed by atoms with E-state index in [9.17, 15) is 14.7 Å². The number of unbranched alkanes of at least 4 members (excludes halogenated alkanes) is 2. The number of nitrogens with one attached hydrogen (secondary N) is 1. The summed E-state index contributed by atoms with van der Waals surface area (Å²) in [5, 5.41) is 21.8. The molecule has 0 fully saturated rings. The first kappa shape index (κ1) is 18.9. The molecule has 0 unspecified atom stereocenters. The molecule has 0 aromatic rings. The first-order valence-corrected chi connectivity index (χ1v) is 5.24. The van der Waals surface area contributed by atoms with Gasteiger partial charge in [-0.2, -0.15) is 0 Å². The Balaban J connectivity index is 0. The largest absolute Gasteiger partial charge is 1.00 e. The summed E-state index contributed by atoms with van der Waals surface area (Å²) in [6.45, 7) is 2.65. The van der Waals surface area contributed by atoms with Crippen LogP contribution in [0.3, 0.4) is 0 Å². The third-order valence-corrected chi connectivity index (χ3v) is 2.10. The molecule has 0 rings (SSSR count). The summed E-state index contributed by atoms with van der Waals surface area (Å²) in [5.41, 5.74) is 0. The number of aliphatic carboxylic acids is 2. The van der Waals surface area contributed by atoms with E-state index in [2.05, 4.69) is 12.2 Å². The predicted molar refractivity (Wildman–Crippen MR) is 53.2 cm³/mol. The van der Waals surface area contributed by atoms with E-state index < -0.39 is 18.0 Å². The zero-order chi connectivity index (χ0) is 11.7. The summed E-state index contributed by atoms with van der Waals surface area (Å²) < 4.78 is 0. The van der Waals surface area contributed by atoms with Crippen molar-refractivity contribution in [3.8, 4) is 0 Å². The van der Waals surface area contributed by atoms with Crippen LogP contribution < -0.4 is 61.8 Å². The fourth-order valence-electron chi connectivity index (χ4n) is 1.22. The molecule has 0 heterocycles. The molecule has 0 aliphatic heterocycles. The van der Waals surface area contributed by atoms with Crippen LogP contribution in [0, 0.1) is 0 Å². The van der Waals surface area contributed by atoms with Gasteiger partial charge in [-0.15, -0.1) is 0 Å². The molecule has 88 valence electrons. The van der Waals surface area contributed by atoms with E-state index in [-0.39, 0.29) is 64.2 Å². The Morgan fingerprint density at radius 3 is 2.44 bits per heavy atom. The molecular weight excluding hydrogens is 237 g/mol. The maximum Gasteiger partial charge on any atom is 1.00 e. The first-order chi connectivity index (χ1) is 7.07. The van der Waals surface area contributed by atoms with Crippen molar-refractivity contribution in [2.24, 2.45) is 0 Å². The molecule has 0 aliphatic rings. The van der Waals surface area contributed by atoms with E-state index in [1.807, 2.05) is 0 Å². The van der Waals surface area contributed by atoms with E-state index in [4.69, 9.17) is 5.11 Å². The van der Waals surface area contributed by atoms with Crippen LogP contribution in [0.5, 0.6) is 0 Å². The summed E-state index contributed by atoms with van der Waals surface area (Å²) in [6.07, 6.45) is 2.91. The molecule has 0 amide bonds. The van der Waals surface area contributed by atoms with E-state index >= 15 is 0 Å². The molecule has 0 aliphatic carbocycles. The Bertz CT molecular complexity index is 211. The minimum absolute atomic E-state index is 0. The van der Waals surface area contributed by atoms with Gasteiger partial charge in [-0.3, -0.25) is 4.79 Å². The van der Waals surface area contributed by atoms with Gasteiger partial charge in [0.25, 0.3) is 0 Å². The molecule has 0 radical (unpaired) electrons. The fraction of sp³-hybridized carbons (Fsp3) is 0.800. The number of carboxylic acids is 2. The standard InChI is InChI=1S/C10H19NO4.K/c1-2-3-4-7-11-8(10(14)15)5-6-9(12)13;/h8,11H,2-7H2,1H3,(H,12,13)(H,14,15);/q;+1/p-1/t8-;/m0./s1. The SMILES string of the molecule is CCCCCN[C@@H](CCC(=O)O)C(=O)[O-].[K+]. The third-order valence-electron chi connectivity index (χ3n) is 2.10. The van der Waals surface area contributed by atoms with Gasteiger partial charge in [0, 0.05) is 12.5 Å². The number of hydrogen-bond acceptors (Lipinski definition) is 4. The van der Waals surface area contributed by atoms with Gasteiger partial charge in [-0.1, -0.05) is 19.8 Å². The summed E-state index contributed by atoms with van der Waals surface area (Å²) in [6, 6.07) is -0.849. The molecule has 0 aromatic heterocycles. The molecule has 0 saturated heterocycles. The van der Waals surface area contributed by atoms with Gasteiger partial charge in [0.1, 0.15) is 0 Å². The van der Waals surface area contributed by atoms with E-state index in [0.29, 0.717) is 6.54 Å². The van der Waals surface area contributed by atoms with Gasteiger partial charge in [0.15, 0.2) is 0 Å². The van der Waals surface area contributed by atoms with Crippen LogP contribution in [0.15, 0.2) is 0 Å². The topological polar surface area (TPSA) is 89.5 Å². The average Bonchev–Trinajstić information content (AvgIpc) is 2.15. The zero-order valence-electron chi connectivity index (χ0n) is 9.99. The van der Waals surface area contributed by atoms with Crippen LogP contribution in [0.25, 0.3) is 0 Å². The molecule has 0 aromatic carbocycles. The van der Waals surface area contributed by atoms with Gasteiger partial charge in [-0.05, 0) is 19.4 Å². The number of rotatable bonds is 9. The van der Waals surface area contributed by atoms with Crippen LogP contribution >= 0.6 is 0 Å². The quantitative estimate of drug-likeness (QED) is 0.334. The molecule has 2 N–H and O–H groups in total. The Kier molecular flexibility index (Phi) is 14.2. The number of carboxylic acid groups (broad SMARTS) is 2. The number of hydrogen-bond donors (Lipinski definition) is 2. The van der Waals surface area contributed by atoms with Crippen LogP contribution in [0.4, 0.5) is 0 Å². The molecule has 5 nitrogen and oxygen atoms in total. The molecule has 0 spiro atoms. The van der Waals surface area contributed by atoms with E-state index in [1.54, 1.807) is 0 Å². The van der Waals surface area contributed by atoms with Crippen LogP contribution in [0.2, 0.25) is 0 Å². The molecule has 0 bridgehead atoms. The fourth-order valence-corrected chi connectivity index (χ4v) is 1.22. The summed E-state index contributed by atoms with van der Waals surface area (Å²) >= 11 is 0. The van der Waals surface area contributed by atoms with Crippen molar-refractivity contribution in [3.05, 3.63) is 0 Å². The number of carbonyl (C=O) groups is 2. The Morgan fingerprint density at radius 2 is 2.00 bits per heavy atom. The molecule has 0 saturated carbocycles. The number of carbonyl (C=O) groups excluding carboxylic acids is 1. The normalized spacial score (nSPS) is 11.6. The molecular formula is C10H18KNO4. The Labute approximate surface area is 138 Å². The van der Waals surface area contributed by atoms with Gasteiger partial charge in [0.05, 0.1) is 5.97 Å². The minimum atomic E-state index is -1.23. The minimum Gasteiger partial charge on any atom is -0.548 e. The van der Waals surface area contributed by atoms with Gasteiger partial charge in [0.2, 0.25) is 0 Å². The summed E-state index contributed by atoms with van der Waals surface area (Å²) in [7, 11) is 0. The Hall–Kier alpha value is 0.536. The second kappa shape index (κ2) is 12.0. The van der Waals surface area contributed by atoms with Gasteiger partial charge < -0.3 is 20.3 Å². The molecule has 16 heavy (non-hydrogen) atoms. The van der Waals surface area contributed by atoms with Crippen molar-refractivity contribution < 1.29 is 71.2 Å². The van der Waals surface area contributed by atoms with Gasteiger partial charge >= 0.3 is 57.4 Å². The van der Waals surface area contributed by atoms with Gasteiger partial charge in [-0.25, -0.2) is 0 Å². The first-order valence-electron chi connectivity index (χ1n) is 5.24. The van der Waals surface area contributed by atoms with Crippen LogP contribution in [0.1, 0.15) is 39.0 Å². The van der Waals surface area contributed by atoms with Crippen LogP contribution in [-0.4, -0.2) is 29.6 Å². The van der Waals surface area contributed by atoms with E-state index in [0.717, 1.165) is 19.3 Å². The smallest absolute Gasteiger partial charge is 0.548 e. The Morgan fingerprint density at radius 1 is 1.38 bits per heavy atom. The van der Waals surface area contributed by atoms with Crippen molar-refractivity contribution in [2.75, 3.05) is 6.54 Å². The van der Waals surface area contributed by atoms with E-state index in [1.165, 1.54) is 0 Å². The van der Waals surface area contributed by atoms with Crippen molar-refractivity contribution in [3.63, 3.8) is 0 Å². The maximum atomic E-state index is 10.6. The second-order valence-electron chi connectivity index (χ2n) is 3.47. The molecule has 6 heteroatoms. The van der Waals surface area contributed by atoms with Crippen molar-refractivity contribution in [1.82, 2.24) is 5.32 Å².